The summed E-state index contributed by atoms with van der Waals surface area (Å²) in [7, 11) is 1.92. The molecule has 96 valence electrons. The first kappa shape index (κ1) is 13.0. The number of ether oxygens (including phenoxy) is 1. The molecule has 0 unspecified atom stereocenters. The number of para-hydroxylation sites is 1. The van der Waals surface area contributed by atoms with Crippen molar-refractivity contribution in [1.29, 1.82) is 0 Å². The van der Waals surface area contributed by atoms with Gasteiger partial charge in [-0.2, -0.15) is 9.36 Å². The molecule has 18 heavy (non-hydrogen) atoms. The van der Waals surface area contributed by atoms with Crippen molar-refractivity contribution in [3.8, 4) is 10.9 Å². The average molecular weight is 263 g/mol. The van der Waals surface area contributed by atoms with Crippen LogP contribution in [0.1, 0.15) is 24.7 Å². The fourth-order valence-electron chi connectivity index (χ4n) is 1.64. The van der Waals surface area contributed by atoms with Crippen molar-refractivity contribution in [3.05, 3.63) is 35.7 Å². The summed E-state index contributed by atoms with van der Waals surface area (Å²) in [6.07, 6.45) is 1.95. The van der Waals surface area contributed by atoms with Crippen molar-refractivity contribution in [1.82, 2.24) is 14.7 Å². The largest absolute Gasteiger partial charge is 0.430 e. The first-order valence-corrected chi connectivity index (χ1v) is 6.83. The van der Waals surface area contributed by atoms with E-state index in [0.29, 0.717) is 5.19 Å². The Hall–Kier alpha value is -1.46. The molecule has 0 amide bonds. The number of aromatic nitrogens is 2. The lowest BCUT2D eigenvalue weighted by Crippen LogP contribution is -2.06. The van der Waals surface area contributed by atoms with Gasteiger partial charge in [-0.3, -0.25) is 0 Å². The molecule has 0 spiro atoms. The number of hydrogen-bond acceptors (Lipinski definition) is 5. The van der Waals surface area contributed by atoms with E-state index in [9.17, 15) is 0 Å². The third-order valence-electron chi connectivity index (χ3n) is 2.46. The number of nitrogens with one attached hydrogen (secondary N) is 1. The van der Waals surface area contributed by atoms with Crippen molar-refractivity contribution in [2.24, 2.45) is 0 Å². The SMILES string of the molecule is CCCc1nsc(Oc2ccccc2CNC)n1. The molecule has 1 heterocycles. The summed E-state index contributed by atoms with van der Waals surface area (Å²) in [4.78, 5) is 4.36. The highest BCUT2D eigenvalue weighted by molar-refractivity contribution is 7.07. The Balaban J connectivity index is 2.12. The van der Waals surface area contributed by atoms with Gasteiger partial charge in [0.1, 0.15) is 11.6 Å². The third-order valence-corrected chi connectivity index (χ3v) is 3.09. The molecule has 0 fully saturated rings. The summed E-state index contributed by atoms with van der Waals surface area (Å²) in [5.74, 6) is 1.70. The summed E-state index contributed by atoms with van der Waals surface area (Å²) in [6, 6.07) is 7.96. The lowest BCUT2D eigenvalue weighted by molar-refractivity contribution is 0.469. The maximum Gasteiger partial charge on any atom is 0.298 e. The first-order chi connectivity index (χ1) is 8.83. The Labute approximate surface area is 111 Å². The summed E-state index contributed by atoms with van der Waals surface area (Å²) in [6.45, 7) is 2.89. The van der Waals surface area contributed by atoms with E-state index in [1.54, 1.807) is 0 Å². The van der Waals surface area contributed by atoms with E-state index in [0.717, 1.165) is 36.5 Å². The number of nitrogens with zero attached hydrogens (tertiary/aromatic N) is 2. The smallest absolute Gasteiger partial charge is 0.298 e. The van der Waals surface area contributed by atoms with Crippen LogP contribution in [-0.4, -0.2) is 16.4 Å². The predicted octanol–water partition coefficient (Wildman–Crippen LogP) is 3.00. The molecule has 2 rings (SSSR count). The molecule has 0 aliphatic heterocycles. The molecule has 0 saturated carbocycles. The summed E-state index contributed by atoms with van der Waals surface area (Å²) in [5, 5.41) is 3.74. The monoisotopic (exact) mass is 263 g/mol. The van der Waals surface area contributed by atoms with Gasteiger partial charge in [0.15, 0.2) is 0 Å². The second-order valence-corrected chi connectivity index (χ2v) is 4.68. The summed E-state index contributed by atoms with van der Waals surface area (Å²) >= 11 is 1.31. The standard InChI is InChI=1S/C13H17N3OS/c1-3-6-12-15-13(18-16-12)17-11-8-5-4-7-10(11)9-14-2/h4-5,7-8,14H,3,6,9H2,1-2H3. The van der Waals surface area contributed by atoms with Gasteiger partial charge in [-0.05, 0) is 19.5 Å². The second kappa shape index (κ2) is 6.47. The molecule has 4 nitrogen and oxygen atoms in total. The van der Waals surface area contributed by atoms with Crippen LogP contribution in [0.3, 0.4) is 0 Å². The minimum atomic E-state index is 0.613. The number of hydrogen-bond donors (Lipinski definition) is 1. The average Bonchev–Trinajstić information content (AvgIpc) is 2.80. The van der Waals surface area contributed by atoms with E-state index >= 15 is 0 Å². The molecule has 1 N–H and O–H groups in total. The summed E-state index contributed by atoms with van der Waals surface area (Å²) in [5.41, 5.74) is 1.12. The topological polar surface area (TPSA) is 47.0 Å². The van der Waals surface area contributed by atoms with Gasteiger partial charge in [0, 0.05) is 30.1 Å². The van der Waals surface area contributed by atoms with Gasteiger partial charge in [-0.1, -0.05) is 25.1 Å². The van der Waals surface area contributed by atoms with E-state index in [1.165, 1.54) is 11.5 Å². The summed E-state index contributed by atoms with van der Waals surface area (Å²) < 4.78 is 10.1. The molecule has 1 aromatic carbocycles. The second-order valence-electron chi connectivity index (χ2n) is 3.97. The van der Waals surface area contributed by atoms with Gasteiger partial charge in [-0.15, -0.1) is 0 Å². The minimum Gasteiger partial charge on any atom is -0.430 e. The van der Waals surface area contributed by atoms with Crippen molar-refractivity contribution in [2.45, 2.75) is 26.3 Å². The van der Waals surface area contributed by atoms with Gasteiger partial charge in [-0.25, -0.2) is 0 Å². The van der Waals surface area contributed by atoms with E-state index in [4.69, 9.17) is 4.74 Å². The molecule has 0 aliphatic rings. The van der Waals surface area contributed by atoms with Crippen molar-refractivity contribution >= 4 is 11.5 Å². The Kier molecular flexibility index (Phi) is 4.66. The Morgan fingerprint density at radius 2 is 2.17 bits per heavy atom. The van der Waals surface area contributed by atoms with E-state index in [-0.39, 0.29) is 0 Å². The van der Waals surface area contributed by atoms with Crippen LogP contribution in [0.4, 0.5) is 0 Å². The molecular formula is C13H17N3OS. The molecule has 1 aromatic heterocycles. The molecule has 5 heteroatoms. The fraction of sp³-hybridized carbons (Fsp3) is 0.385. The number of aryl methyl sites for hydroxylation is 1. The van der Waals surface area contributed by atoms with Crippen LogP contribution in [-0.2, 0) is 13.0 Å². The Morgan fingerprint density at radius 3 is 2.94 bits per heavy atom. The third kappa shape index (κ3) is 3.27. The molecule has 0 bridgehead atoms. The Bertz CT molecular complexity index is 498. The zero-order valence-electron chi connectivity index (χ0n) is 10.6. The lowest BCUT2D eigenvalue weighted by Gasteiger charge is -2.07. The van der Waals surface area contributed by atoms with Crippen molar-refractivity contribution in [3.63, 3.8) is 0 Å². The van der Waals surface area contributed by atoms with Gasteiger partial charge in [0.25, 0.3) is 5.19 Å². The molecular weight excluding hydrogens is 246 g/mol. The minimum absolute atomic E-state index is 0.613. The van der Waals surface area contributed by atoms with E-state index in [1.807, 2.05) is 31.3 Å². The van der Waals surface area contributed by atoms with Gasteiger partial charge < -0.3 is 10.1 Å². The predicted molar refractivity (Wildman–Crippen MR) is 73.2 cm³/mol. The van der Waals surface area contributed by atoms with Crippen LogP contribution < -0.4 is 10.1 Å². The normalized spacial score (nSPS) is 10.6. The highest BCUT2D eigenvalue weighted by Crippen LogP contribution is 2.26. The molecule has 0 radical (unpaired) electrons. The van der Waals surface area contributed by atoms with E-state index < -0.39 is 0 Å². The van der Waals surface area contributed by atoms with Gasteiger partial charge >= 0.3 is 0 Å². The van der Waals surface area contributed by atoms with Crippen LogP contribution in [0, 0.1) is 0 Å². The Morgan fingerprint density at radius 1 is 1.33 bits per heavy atom. The van der Waals surface area contributed by atoms with Crippen LogP contribution in [0.25, 0.3) is 0 Å². The maximum atomic E-state index is 5.79. The number of rotatable bonds is 6. The van der Waals surface area contributed by atoms with Gasteiger partial charge in [0.2, 0.25) is 0 Å². The zero-order chi connectivity index (χ0) is 12.8. The quantitative estimate of drug-likeness (QED) is 0.870. The highest BCUT2D eigenvalue weighted by atomic mass is 32.1. The van der Waals surface area contributed by atoms with Crippen LogP contribution in [0.2, 0.25) is 0 Å². The fourth-order valence-corrected chi connectivity index (χ4v) is 2.23. The highest BCUT2D eigenvalue weighted by Gasteiger charge is 2.08. The van der Waals surface area contributed by atoms with E-state index in [2.05, 4.69) is 21.6 Å². The van der Waals surface area contributed by atoms with Crippen LogP contribution >= 0.6 is 11.5 Å². The molecule has 2 aromatic rings. The zero-order valence-corrected chi connectivity index (χ0v) is 11.5. The van der Waals surface area contributed by atoms with Crippen molar-refractivity contribution < 1.29 is 4.74 Å². The molecule has 0 atom stereocenters. The maximum absolute atomic E-state index is 5.79. The van der Waals surface area contributed by atoms with Crippen molar-refractivity contribution in [2.75, 3.05) is 7.05 Å². The number of benzene rings is 1. The van der Waals surface area contributed by atoms with Crippen LogP contribution in [0.5, 0.6) is 10.9 Å². The molecule has 0 saturated heterocycles. The molecule has 0 aliphatic carbocycles. The van der Waals surface area contributed by atoms with Gasteiger partial charge in [0.05, 0.1) is 0 Å². The lowest BCUT2D eigenvalue weighted by atomic mass is 10.2. The first-order valence-electron chi connectivity index (χ1n) is 6.06. The van der Waals surface area contributed by atoms with Crippen LogP contribution in [0.15, 0.2) is 24.3 Å².